The Kier molecular flexibility index (Phi) is 2.06. The van der Waals surface area contributed by atoms with Crippen molar-refractivity contribution in [3.63, 3.8) is 0 Å². The quantitative estimate of drug-likeness (QED) is 0.430. The molecule has 1 atom stereocenters. The topological polar surface area (TPSA) is 32.3 Å². The Bertz CT molecular complexity index is 90.5. The molecule has 0 bridgehead atoms. The van der Waals surface area contributed by atoms with Crippen LogP contribution in [0.4, 0.5) is 0 Å². The predicted octanol–water partition coefficient (Wildman–Crippen LogP) is -0.103. The summed E-state index contributed by atoms with van der Waals surface area (Å²) in [7, 11) is 0. The van der Waals surface area contributed by atoms with E-state index in [4.69, 9.17) is 5.11 Å². The van der Waals surface area contributed by atoms with Gasteiger partial charge >= 0.3 is 0 Å². The van der Waals surface area contributed by atoms with Crippen molar-refractivity contribution in [3.8, 4) is 0 Å². The molecule has 0 saturated carbocycles. The lowest BCUT2D eigenvalue weighted by molar-refractivity contribution is 0.178. The summed E-state index contributed by atoms with van der Waals surface area (Å²) in [5, 5.41) is 12.0. The van der Waals surface area contributed by atoms with Crippen LogP contribution in [0, 0.1) is 0 Å². The molecule has 0 aromatic rings. The Hall–Kier alpha value is -0.340. The van der Waals surface area contributed by atoms with Gasteiger partial charge in [0.25, 0.3) is 0 Å². The number of aliphatic hydroxyl groups excluding tert-OH is 1. The number of nitrogens with one attached hydrogen (secondary N) is 1. The number of rotatable bonds is 0. The van der Waals surface area contributed by atoms with Gasteiger partial charge in [-0.3, -0.25) is 0 Å². The van der Waals surface area contributed by atoms with E-state index in [0.717, 1.165) is 19.5 Å². The van der Waals surface area contributed by atoms with Crippen LogP contribution in [-0.4, -0.2) is 24.3 Å². The molecule has 1 aliphatic heterocycles. The maximum atomic E-state index is 8.98. The number of hydrogen-bond acceptors (Lipinski definition) is 2. The fourth-order valence-corrected chi connectivity index (χ4v) is 0.753. The molecular weight excluding hydrogens is 102 g/mol. The van der Waals surface area contributed by atoms with Crippen LogP contribution in [0.2, 0.25) is 0 Å². The minimum Gasteiger partial charge on any atom is -0.391 e. The predicted molar refractivity (Wildman–Crippen MR) is 32.6 cm³/mol. The molecule has 1 unspecified atom stereocenters. The van der Waals surface area contributed by atoms with E-state index in [1.165, 1.54) is 0 Å². The van der Waals surface area contributed by atoms with Crippen LogP contribution in [0.3, 0.4) is 0 Å². The summed E-state index contributed by atoms with van der Waals surface area (Å²) in [6.45, 7) is 1.63. The van der Waals surface area contributed by atoms with Crippen molar-refractivity contribution in [2.24, 2.45) is 0 Å². The highest BCUT2D eigenvalue weighted by atomic mass is 16.3. The molecule has 1 rings (SSSR count). The molecule has 2 nitrogen and oxygen atoms in total. The molecular formula is C6H11NO. The lowest BCUT2D eigenvalue weighted by Gasteiger charge is -2.03. The van der Waals surface area contributed by atoms with Crippen molar-refractivity contribution in [3.05, 3.63) is 12.2 Å². The Morgan fingerprint density at radius 1 is 1.50 bits per heavy atom. The maximum Gasteiger partial charge on any atom is 0.0699 e. The van der Waals surface area contributed by atoms with Crippen molar-refractivity contribution in [1.29, 1.82) is 0 Å². The average Bonchev–Trinajstić information content (AvgIpc) is 1.94. The standard InChI is InChI=1S/C6H11NO/c8-6-3-1-2-4-7-5-6/h1-2,6-8H,3-5H2. The van der Waals surface area contributed by atoms with Crippen molar-refractivity contribution in [2.75, 3.05) is 13.1 Å². The highest BCUT2D eigenvalue weighted by Gasteiger charge is 2.01. The minimum atomic E-state index is -0.172. The molecule has 0 spiro atoms. The normalized spacial score (nSPS) is 29.9. The van der Waals surface area contributed by atoms with Crippen LogP contribution in [0.15, 0.2) is 12.2 Å². The van der Waals surface area contributed by atoms with E-state index in [2.05, 4.69) is 5.32 Å². The van der Waals surface area contributed by atoms with E-state index in [-0.39, 0.29) is 6.10 Å². The van der Waals surface area contributed by atoms with E-state index in [0.29, 0.717) is 0 Å². The summed E-state index contributed by atoms with van der Waals surface area (Å²) in [5.74, 6) is 0. The highest BCUT2D eigenvalue weighted by molar-refractivity contribution is 4.89. The van der Waals surface area contributed by atoms with Crippen LogP contribution in [-0.2, 0) is 0 Å². The maximum absolute atomic E-state index is 8.98. The van der Waals surface area contributed by atoms with Crippen molar-refractivity contribution in [1.82, 2.24) is 5.32 Å². The molecule has 0 fully saturated rings. The number of hydrogen-bond donors (Lipinski definition) is 2. The van der Waals surface area contributed by atoms with Gasteiger partial charge in [-0.1, -0.05) is 12.2 Å². The average molecular weight is 113 g/mol. The summed E-state index contributed by atoms with van der Waals surface area (Å²) in [5.41, 5.74) is 0. The highest BCUT2D eigenvalue weighted by Crippen LogP contribution is 1.93. The third-order valence-corrected chi connectivity index (χ3v) is 1.22. The third kappa shape index (κ3) is 1.64. The molecule has 0 amide bonds. The lowest BCUT2D eigenvalue weighted by Crippen LogP contribution is -2.24. The van der Waals surface area contributed by atoms with E-state index >= 15 is 0 Å². The zero-order valence-corrected chi connectivity index (χ0v) is 4.80. The van der Waals surface area contributed by atoms with Gasteiger partial charge in [0.2, 0.25) is 0 Å². The summed E-state index contributed by atoms with van der Waals surface area (Å²) >= 11 is 0. The molecule has 2 heteroatoms. The van der Waals surface area contributed by atoms with E-state index in [1.54, 1.807) is 0 Å². The fraction of sp³-hybridized carbons (Fsp3) is 0.667. The van der Waals surface area contributed by atoms with E-state index in [1.807, 2.05) is 12.2 Å². The van der Waals surface area contributed by atoms with Crippen LogP contribution in [0.25, 0.3) is 0 Å². The first kappa shape index (κ1) is 5.79. The van der Waals surface area contributed by atoms with Crippen LogP contribution in [0.5, 0.6) is 0 Å². The second-order valence-electron chi connectivity index (χ2n) is 2.02. The number of aliphatic hydroxyl groups is 1. The van der Waals surface area contributed by atoms with Gasteiger partial charge in [-0.05, 0) is 6.42 Å². The summed E-state index contributed by atoms with van der Waals surface area (Å²) < 4.78 is 0. The fourth-order valence-electron chi connectivity index (χ4n) is 0.753. The molecule has 0 saturated heterocycles. The third-order valence-electron chi connectivity index (χ3n) is 1.22. The van der Waals surface area contributed by atoms with Gasteiger partial charge < -0.3 is 10.4 Å². The molecule has 0 aliphatic carbocycles. The van der Waals surface area contributed by atoms with E-state index < -0.39 is 0 Å². The van der Waals surface area contributed by atoms with Crippen molar-refractivity contribution >= 4 is 0 Å². The van der Waals surface area contributed by atoms with Gasteiger partial charge in [-0.15, -0.1) is 0 Å². The Labute approximate surface area is 49.2 Å². The minimum absolute atomic E-state index is 0.172. The second-order valence-corrected chi connectivity index (χ2v) is 2.02. The largest absolute Gasteiger partial charge is 0.391 e. The van der Waals surface area contributed by atoms with Gasteiger partial charge in [0, 0.05) is 13.1 Å². The van der Waals surface area contributed by atoms with Gasteiger partial charge in [0.05, 0.1) is 6.10 Å². The first-order chi connectivity index (χ1) is 3.89. The molecule has 0 radical (unpaired) electrons. The molecule has 0 aromatic heterocycles. The molecule has 1 aliphatic rings. The first-order valence-electron chi connectivity index (χ1n) is 2.93. The molecule has 8 heavy (non-hydrogen) atoms. The first-order valence-corrected chi connectivity index (χ1v) is 2.93. The zero-order valence-electron chi connectivity index (χ0n) is 4.80. The van der Waals surface area contributed by atoms with E-state index in [9.17, 15) is 0 Å². The second kappa shape index (κ2) is 2.84. The van der Waals surface area contributed by atoms with Gasteiger partial charge in [0.1, 0.15) is 0 Å². The smallest absolute Gasteiger partial charge is 0.0699 e. The van der Waals surface area contributed by atoms with Crippen LogP contribution < -0.4 is 5.32 Å². The lowest BCUT2D eigenvalue weighted by atomic mass is 10.2. The number of β-amino-alcohol motifs (C(OH)–C–C–N with tert-alkyl or cyclic N) is 1. The summed E-state index contributed by atoms with van der Waals surface area (Å²) in [6, 6.07) is 0. The molecule has 0 aromatic carbocycles. The molecule has 1 heterocycles. The summed E-state index contributed by atoms with van der Waals surface area (Å²) in [4.78, 5) is 0. The Morgan fingerprint density at radius 2 is 2.38 bits per heavy atom. The van der Waals surface area contributed by atoms with Crippen LogP contribution in [0.1, 0.15) is 6.42 Å². The zero-order chi connectivity index (χ0) is 5.82. The van der Waals surface area contributed by atoms with Gasteiger partial charge in [-0.2, -0.15) is 0 Å². The van der Waals surface area contributed by atoms with Crippen LogP contribution >= 0.6 is 0 Å². The van der Waals surface area contributed by atoms with Gasteiger partial charge in [0.15, 0.2) is 0 Å². The Morgan fingerprint density at radius 3 is 3.25 bits per heavy atom. The molecule has 2 N–H and O–H groups in total. The SMILES string of the molecule is OC1CC=CCNC1. The molecule has 46 valence electrons. The van der Waals surface area contributed by atoms with Crippen molar-refractivity contribution < 1.29 is 5.11 Å². The van der Waals surface area contributed by atoms with Gasteiger partial charge in [-0.25, -0.2) is 0 Å². The Balaban J connectivity index is 2.30. The monoisotopic (exact) mass is 113 g/mol. The summed E-state index contributed by atoms with van der Waals surface area (Å²) in [6.07, 6.45) is 4.67. The van der Waals surface area contributed by atoms with Crippen molar-refractivity contribution in [2.45, 2.75) is 12.5 Å².